The molecule has 2 aromatic rings. The third kappa shape index (κ3) is 5.37. The zero-order valence-corrected chi connectivity index (χ0v) is 15.6. The van der Waals surface area contributed by atoms with Crippen LogP contribution >= 0.6 is 11.6 Å². The Balaban J connectivity index is 2.15. The number of anilines is 1. The minimum atomic E-state index is -3.49. The second kappa shape index (κ2) is 7.76. The number of carbonyl (C=O) groups excluding carboxylic acids is 1. The smallest absolute Gasteiger partial charge is 0.251 e. The van der Waals surface area contributed by atoms with Gasteiger partial charge in [-0.3, -0.25) is 9.52 Å². The Bertz CT molecular complexity index is 867. The number of benzene rings is 2. The summed E-state index contributed by atoms with van der Waals surface area (Å²) >= 11 is 5.97. The molecule has 0 radical (unpaired) electrons. The Kier molecular flexibility index (Phi) is 5.92. The number of amides is 1. The van der Waals surface area contributed by atoms with Crippen molar-refractivity contribution in [2.24, 2.45) is 0 Å². The highest BCUT2D eigenvalue weighted by Gasteiger charge is 2.14. The molecule has 0 aliphatic carbocycles. The monoisotopic (exact) mass is 382 g/mol. The molecule has 1 amide bonds. The third-order valence-electron chi connectivity index (χ3n) is 3.49. The fraction of sp³-hybridized carbons (Fsp3) is 0.235. The maximum absolute atomic E-state index is 12.4. The highest BCUT2D eigenvalue weighted by Crippen LogP contribution is 2.24. The van der Waals surface area contributed by atoms with Gasteiger partial charge in [-0.1, -0.05) is 23.7 Å². The van der Waals surface area contributed by atoms with E-state index in [-0.39, 0.29) is 22.7 Å². The van der Waals surface area contributed by atoms with Gasteiger partial charge in [-0.05, 0) is 42.8 Å². The van der Waals surface area contributed by atoms with E-state index in [1.165, 1.54) is 18.2 Å². The number of methoxy groups -OCH3 is 1. The Labute approximate surface area is 152 Å². The van der Waals surface area contributed by atoms with Gasteiger partial charge in [0.25, 0.3) is 5.91 Å². The summed E-state index contributed by atoms with van der Waals surface area (Å²) in [6.07, 6.45) is 1.02. The lowest BCUT2D eigenvalue weighted by Gasteiger charge is -2.15. The summed E-state index contributed by atoms with van der Waals surface area (Å²) in [6, 6.07) is 11.5. The summed E-state index contributed by atoms with van der Waals surface area (Å²) in [7, 11) is -1.91. The largest absolute Gasteiger partial charge is 0.497 e. The van der Waals surface area contributed by atoms with Crippen LogP contribution in [0, 0.1) is 0 Å². The molecule has 0 aliphatic heterocycles. The molecule has 0 heterocycles. The van der Waals surface area contributed by atoms with Crippen molar-refractivity contribution in [2.75, 3.05) is 18.1 Å². The summed E-state index contributed by atoms with van der Waals surface area (Å²) in [5, 5.41) is 3.07. The number of sulfonamides is 1. The molecule has 2 N–H and O–H groups in total. The van der Waals surface area contributed by atoms with E-state index in [1.54, 1.807) is 7.11 Å². The Morgan fingerprint density at radius 2 is 1.80 bits per heavy atom. The lowest BCUT2D eigenvalue weighted by Crippen LogP contribution is -2.26. The van der Waals surface area contributed by atoms with Gasteiger partial charge in [0, 0.05) is 5.56 Å². The predicted octanol–water partition coefficient (Wildman–Crippen LogP) is 3.21. The van der Waals surface area contributed by atoms with E-state index in [2.05, 4.69) is 10.0 Å². The summed E-state index contributed by atoms with van der Waals surface area (Å²) < 4.78 is 30.1. The number of rotatable bonds is 6. The van der Waals surface area contributed by atoms with Crippen LogP contribution < -0.4 is 14.8 Å². The van der Waals surface area contributed by atoms with Gasteiger partial charge in [0.15, 0.2) is 0 Å². The van der Waals surface area contributed by atoms with Crippen LogP contribution in [0.5, 0.6) is 5.75 Å². The Morgan fingerprint density at radius 1 is 1.16 bits per heavy atom. The average molecular weight is 383 g/mol. The normalized spacial score (nSPS) is 12.3. The van der Waals surface area contributed by atoms with Crippen molar-refractivity contribution < 1.29 is 17.9 Å². The van der Waals surface area contributed by atoms with Gasteiger partial charge in [0.05, 0.1) is 30.1 Å². The van der Waals surface area contributed by atoms with Crippen LogP contribution in [0.4, 0.5) is 5.69 Å². The molecule has 0 aromatic heterocycles. The first kappa shape index (κ1) is 19.1. The Hall–Kier alpha value is -2.25. The standard InChI is InChI=1S/C17H19ClN2O4S/c1-11(12-4-7-14(24-2)8-5-12)19-17(21)13-6-9-15(18)16(10-13)20-25(3,22)23/h4-11,20H,1-3H3,(H,19,21)/t11-/m1/s1. The quantitative estimate of drug-likeness (QED) is 0.803. The first-order valence-electron chi connectivity index (χ1n) is 7.42. The Morgan fingerprint density at radius 3 is 2.36 bits per heavy atom. The summed E-state index contributed by atoms with van der Waals surface area (Å²) in [5.74, 6) is 0.396. The molecule has 6 nitrogen and oxygen atoms in total. The van der Waals surface area contributed by atoms with Gasteiger partial charge < -0.3 is 10.1 Å². The molecule has 134 valence electrons. The molecule has 25 heavy (non-hydrogen) atoms. The first-order valence-corrected chi connectivity index (χ1v) is 9.68. The molecule has 0 aliphatic rings. The highest BCUT2D eigenvalue weighted by atomic mass is 35.5. The fourth-order valence-electron chi connectivity index (χ4n) is 2.20. The molecule has 0 bridgehead atoms. The van der Waals surface area contributed by atoms with E-state index in [0.29, 0.717) is 5.56 Å². The van der Waals surface area contributed by atoms with Crippen LogP contribution in [-0.2, 0) is 10.0 Å². The molecule has 0 saturated carbocycles. The topological polar surface area (TPSA) is 84.5 Å². The van der Waals surface area contributed by atoms with Crippen LogP contribution in [0.3, 0.4) is 0 Å². The van der Waals surface area contributed by atoms with E-state index >= 15 is 0 Å². The zero-order chi connectivity index (χ0) is 18.6. The molecule has 0 fully saturated rings. The second-order valence-electron chi connectivity index (χ2n) is 5.54. The van der Waals surface area contributed by atoms with Gasteiger partial charge in [-0.25, -0.2) is 8.42 Å². The number of carbonyl (C=O) groups is 1. The fourth-order valence-corrected chi connectivity index (χ4v) is 2.99. The van der Waals surface area contributed by atoms with Crippen molar-refractivity contribution in [1.29, 1.82) is 0 Å². The SMILES string of the molecule is COc1ccc([C@@H](C)NC(=O)c2ccc(Cl)c(NS(C)(=O)=O)c2)cc1. The van der Waals surface area contributed by atoms with Crippen LogP contribution in [0.1, 0.15) is 28.9 Å². The highest BCUT2D eigenvalue weighted by molar-refractivity contribution is 7.92. The maximum Gasteiger partial charge on any atom is 0.251 e. The minimum Gasteiger partial charge on any atom is -0.497 e. The number of hydrogen-bond acceptors (Lipinski definition) is 4. The third-order valence-corrected chi connectivity index (χ3v) is 4.41. The van der Waals surface area contributed by atoms with Crippen LogP contribution in [0.2, 0.25) is 5.02 Å². The van der Waals surface area contributed by atoms with Gasteiger partial charge in [-0.15, -0.1) is 0 Å². The molecule has 0 saturated heterocycles. The van der Waals surface area contributed by atoms with Crippen molar-refractivity contribution in [3.05, 3.63) is 58.6 Å². The summed E-state index contributed by atoms with van der Waals surface area (Å²) in [4.78, 5) is 12.4. The molecule has 2 rings (SSSR count). The lowest BCUT2D eigenvalue weighted by atomic mass is 10.1. The van der Waals surface area contributed by atoms with E-state index < -0.39 is 10.0 Å². The van der Waals surface area contributed by atoms with E-state index in [0.717, 1.165) is 17.6 Å². The number of ether oxygens (including phenoxy) is 1. The maximum atomic E-state index is 12.4. The van der Waals surface area contributed by atoms with Gasteiger partial charge >= 0.3 is 0 Å². The predicted molar refractivity (Wildman–Crippen MR) is 98.8 cm³/mol. The van der Waals surface area contributed by atoms with Gasteiger partial charge in [-0.2, -0.15) is 0 Å². The van der Waals surface area contributed by atoms with Crippen molar-refractivity contribution in [2.45, 2.75) is 13.0 Å². The van der Waals surface area contributed by atoms with E-state index in [1.807, 2.05) is 31.2 Å². The van der Waals surface area contributed by atoms with Crippen molar-refractivity contribution in [3.63, 3.8) is 0 Å². The summed E-state index contributed by atoms with van der Waals surface area (Å²) in [6.45, 7) is 1.85. The molecule has 1 atom stereocenters. The van der Waals surface area contributed by atoms with Crippen LogP contribution in [-0.4, -0.2) is 27.7 Å². The van der Waals surface area contributed by atoms with Crippen molar-refractivity contribution in [3.8, 4) is 5.75 Å². The molecule has 0 spiro atoms. The molecule has 8 heteroatoms. The van der Waals surface area contributed by atoms with Crippen LogP contribution in [0.25, 0.3) is 0 Å². The molecular weight excluding hydrogens is 364 g/mol. The van der Waals surface area contributed by atoms with Gasteiger partial charge in [0.1, 0.15) is 5.75 Å². The van der Waals surface area contributed by atoms with Crippen LogP contribution in [0.15, 0.2) is 42.5 Å². The number of hydrogen-bond donors (Lipinski definition) is 2. The van der Waals surface area contributed by atoms with Crippen molar-refractivity contribution >= 4 is 33.2 Å². The van der Waals surface area contributed by atoms with E-state index in [9.17, 15) is 13.2 Å². The van der Waals surface area contributed by atoms with Gasteiger partial charge in [0.2, 0.25) is 10.0 Å². The van der Waals surface area contributed by atoms with Crippen molar-refractivity contribution in [1.82, 2.24) is 5.32 Å². The molecule has 0 unspecified atom stereocenters. The zero-order valence-electron chi connectivity index (χ0n) is 14.0. The molecule has 2 aromatic carbocycles. The number of nitrogens with one attached hydrogen (secondary N) is 2. The van der Waals surface area contributed by atoms with E-state index in [4.69, 9.17) is 16.3 Å². The molecular formula is C17H19ClN2O4S. The second-order valence-corrected chi connectivity index (χ2v) is 7.69. The summed E-state index contributed by atoms with van der Waals surface area (Å²) in [5.41, 5.74) is 1.38. The lowest BCUT2D eigenvalue weighted by molar-refractivity contribution is 0.0940. The number of halogens is 1. The average Bonchev–Trinajstić information content (AvgIpc) is 2.55. The first-order chi connectivity index (χ1) is 11.7. The minimum absolute atomic E-state index is 0.161.